The summed E-state index contributed by atoms with van der Waals surface area (Å²) >= 11 is 5.64. The first-order valence-electron chi connectivity index (χ1n) is 10.3. The van der Waals surface area contributed by atoms with Crippen molar-refractivity contribution in [3.63, 3.8) is 0 Å². The normalized spacial score (nSPS) is 30.8. The highest BCUT2D eigenvalue weighted by atomic mass is 35.5. The lowest BCUT2D eigenvalue weighted by Gasteiger charge is -2.70. The number of benzene rings is 1. The van der Waals surface area contributed by atoms with Crippen LogP contribution in [0.25, 0.3) is 0 Å². The molecule has 4 fully saturated rings. The van der Waals surface area contributed by atoms with Crippen LogP contribution in [0.3, 0.4) is 0 Å². The lowest BCUT2D eigenvalue weighted by Crippen LogP contribution is -2.84. The molecule has 30 heavy (non-hydrogen) atoms. The molecule has 0 radical (unpaired) electrons. The van der Waals surface area contributed by atoms with E-state index in [0.29, 0.717) is 0 Å². The van der Waals surface area contributed by atoms with Gasteiger partial charge in [-0.1, -0.05) is 11.6 Å². The van der Waals surface area contributed by atoms with E-state index in [2.05, 4.69) is 26.9 Å². The van der Waals surface area contributed by atoms with Gasteiger partial charge in [0.25, 0.3) is 5.91 Å². The van der Waals surface area contributed by atoms with Crippen molar-refractivity contribution in [2.24, 2.45) is 5.92 Å². The second-order valence-corrected chi connectivity index (χ2v) is 9.29. The average Bonchev–Trinajstić information content (AvgIpc) is 3.14. The zero-order valence-electron chi connectivity index (χ0n) is 16.5. The minimum Gasteiger partial charge on any atom is -0.484 e. The number of nitrogens with zero attached hydrogens (tertiary/aromatic N) is 1. The molecule has 1 atom stereocenters. The molecule has 2 heterocycles. The Morgan fingerprint density at radius 2 is 2.03 bits per heavy atom. The van der Waals surface area contributed by atoms with Crippen LogP contribution in [0.5, 0.6) is 5.75 Å². The summed E-state index contributed by atoms with van der Waals surface area (Å²) in [5, 5.41) is 9.56. The van der Waals surface area contributed by atoms with E-state index in [4.69, 9.17) is 16.3 Å². The maximum absolute atomic E-state index is 13.4. The van der Waals surface area contributed by atoms with Crippen molar-refractivity contribution in [3.05, 3.63) is 40.9 Å². The van der Waals surface area contributed by atoms with Gasteiger partial charge in [-0.3, -0.25) is 9.59 Å². The number of amides is 2. The zero-order valence-corrected chi connectivity index (χ0v) is 17.2. The van der Waals surface area contributed by atoms with Crippen LogP contribution in [0.4, 0.5) is 4.39 Å². The minimum atomic E-state index is -0.586. The maximum Gasteiger partial charge on any atom is 0.258 e. The molecule has 3 N–H and O–H groups in total. The number of allylic oxidation sites excluding steroid dienone is 1. The summed E-state index contributed by atoms with van der Waals surface area (Å²) in [6.07, 6.45) is 5.09. The number of rotatable bonds is 6. The quantitative estimate of drug-likeness (QED) is 0.632. The first-order chi connectivity index (χ1) is 14.4. The molecular formula is C21H24ClFN4O3. The fourth-order valence-corrected chi connectivity index (χ4v) is 5.31. The molecule has 3 aliphatic carbocycles. The SMILES string of the molecule is O=C(COc1ccc(Cl)c(F)c1)NC12CC(NC(=O)C3CC=C4NCCN4C3)(C1)C2. The summed E-state index contributed by atoms with van der Waals surface area (Å²) in [6.45, 7) is 2.44. The lowest BCUT2D eigenvalue weighted by atomic mass is 9.44. The molecule has 0 spiro atoms. The predicted octanol–water partition coefficient (Wildman–Crippen LogP) is 1.53. The molecular weight excluding hydrogens is 411 g/mol. The van der Waals surface area contributed by atoms with Crippen LogP contribution >= 0.6 is 11.6 Å². The van der Waals surface area contributed by atoms with Crippen LogP contribution in [-0.4, -0.2) is 54.0 Å². The fraction of sp³-hybridized carbons (Fsp3) is 0.524. The van der Waals surface area contributed by atoms with Gasteiger partial charge in [-0.2, -0.15) is 0 Å². The van der Waals surface area contributed by atoms with E-state index in [-0.39, 0.29) is 46.2 Å². The topological polar surface area (TPSA) is 82.7 Å². The van der Waals surface area contributed by atoms with Gasteiger partial charge < -0.3 is 25.6 Å². The molecule has 6 rings (SSSR count). The van der Waals surface area contributed by atoms with Gasteiger partial charge in [-0.15, -0.1) is 0 Å². The Labute approximate surface area is 179 Å². The smallest absolute Gasteiger partial charge is 0.258 e. The van der Waals surface area contributed by atoms with E-state index in [1.54, 1.807) is 0 Å². The molecule has 160 valence electrons. The molecule has 2 amide bonds. The second kappa shape index (κ2) is 7.04. The van der Waals surface area contributed by atoms with Crippen molar-refractivity contribution in [1.29, 1.82) is 0 Å². The molecule has 2 bridgehead atoms. The molecule has 0 aromatic heterocycles. The van der Waals surface area contributed by atoms with Crippen LogP contribution in [-0.2, 0) is 9.59 Å². The Bertz CT molecular complexity index is 917. The molecule has 1 aromatic rings. The number of carbonyl (C=O) groups excluding carboxylic acids is 2. The Hall–Kier alpha value is -2.48. The van der Waals surface area contributed by atoms with E-state index in [0.717, 1.165) is 57.2 Å². The first-order valence-corrected chi connectivity index (χ1v) is 10.6. The van der Waals surface area contributed by atoms with Crippen molar-refractivity contribution < 1.29 is 18.7 Å². The van der Waals surface area contributed by atoms with Gasteiger partial charge in [0.2, 0.25) is 5.91 Å². The van der Waals surface area contributed by atoms with E-state index < -0.39 is 5.82 Å². The molecule has 3 saturated carbocycles. The van der Waals surface area contributed by atoms with Gasteiger partial charge >= 0.3 is 0 Å². The van der Waals surface area contributed by atoms with E-state index in [9.17, 15) is 14.0 Å². The van der Waals surface area contributed by atoms with Crippen molar-refractivity contribution in [3.8, 4) is 5.75 Å². The number of nitrogens with one attached hydrogen (secondary N) is 3. The second-order valence-electron chi connectivity index (χ2n) is 8.89. The van der Waals surface area contributed by atoms with E-state index in [1.165, 1.54) is 12.1 Å². The minimum absolute atomic E-state index is 0.00907. The molecule has 2 aliphatic heterocycles. The van der Waals surface area contributed by atoms with Crippen LogP contribution in [0.2, 0.25) is 5.02 Å². The monoisotopic (exact) mass is 434 g/mol. The number of ether oxygens (including phenoxy) is 1. The standard InChI is InChI=1S/C21H24ClFN4O3/c22-15-3-2-14(7-16(15)23)30-9-18(28)25-20-10-21(11-20,12-20)26-19(29)13-1-4-17-24-5-6-27(17)8-13/h2-4,7,13,24H,1,5-6,8-12H2,(H,25,28)(H,26,29). The third-order valence-corrected chi connectivity index (χ3v) is 6.83. The summed E-state index contributed by atoms with van der Waals surface area (Å²) < 4.78 is 18.8. The van der Waals surface area contributed by atoms with Crippen LogP contribution in [0.1, 0.15) is 25.7 Å². The summed E-state index contributed by atoms with van der Waals surface area (Å²) in [4.78, 5) is 27.2. The molecule has 1 unspecified atom stereocenters. The predicted molar refractivity (Wildman–Crippen MR) is 108 cm³/mol. The van der Waals surface area contributed by atoms with E-state index >= 15 is 0 Å². The fourth-order valence-electron chi connectivity index (χ4n) is 5.19. The lowest BCUT2D eigenvalue weighted by molar-refractivity contribution is -0.152. The van der Waals surface area contributed by atoms with Gasteiger partial charge in [-0.25, -0.2) is 4.39 Å². The van der Waals surface area contributed by atoms with Crippen molar-refractivity contribution in [1.82, 2.24) is 20.9 Å². The third-order valence-electron chi connectivity index (χ3n) is 6.52. The molecule has 7 nitrogen and oxygen atoms in total. The van der Waals surface area contributed by atoms with Gasteiger partial charge in [0.05, 0.1) is 16.8 Å². The van der Waals surface area contributed by atoms with Gasteiger partial charge in [0.1, 0.15) is 11.6 Å². The highest BCUT2D eigenvalue weighted by Crippen LogP contribution is 2.60. The van der Waals surface area contributed by atoms with Gasteiger partial charge in [-0.05, 0) is 43.9 Å². The Morgan fingerprint density at radius 1 is 1.27 bits per heavy atom. The zero-order chi connectivity index (χ0) is 20.9. The van der Waals surface area contributed by atoms with Gasteiger partial charge in [0.15, 0.2) is 6.61 Å². The van der Waals surface area contributed by atoms with Crippen LogP contribution in [0.15, 0.2) is 30.1 Å². The molecule has 5 aliphatic rings. The number of hydrogen-bond donors (Lipinski definition) is 3. The first kappa shape index (κ1) is 19.5. The summed E-state index contributed by atoms with van der Waals surface area (Å²) in [6, 6.07) is 4.06. The Kier molecular flexibility index (Phi) is 4.57. The number of fused-ring (bicyclic) bond motifs is 1. The summed E-state index contributed by atoms with van der Waals surface area (Å²) in [5.41, 5.74) is -0.435. The van der Waals surface area contributed by atoms with Gasteiger partial charge in [0, 0.05) is 36.8 Å². The molecule has 9 heteroatoms. The largest absolute Gasteiger partial charge is 0.484 e. The van der Waals surface area contributed by atoms with Crippen LogP contribution in [0, 0.1) is 11.7 Å². The molecule has 1 saturated heterocycles. The Morgan fingerprint density at radius 3 is 2.80 bits per heavy atom. The highest BCUT2D eigenvalue weighted by molar-refractivity contribution is 6.30. The Balaban J connectivity index is 1.06. The van der Waals surface area contributed by atoms with E-state index in [1.807, 2.05) is 0 Å². The van der Waals surface area contributed by atoms with Crippen molar-refractivity contribution in [2.75, 3.05) is 26.2 Å². The van der Waals surface area contributed by atoms with Crippen molar-refractivity contribution in [2.45, 2.75) is 36.8 Å². The number of halogens is 2. The summed E-state index contributed by atoms with van der Waals surface area (Å²) in [5.74, 6) is 0.640. The van der Waals surface area contributed by atoms with Crippen molar-refractivity contribution >= 4 is 23.4 Å². The average molecular weight is 435 g/mol. The highest BCUT2D eigenvalue weighted by Gasteiger charge is 2.69. The third kappa shape index (κ3) is 3.47. The maximum atomic E-state index is 13.4. The number of carbonyl (C=O) groups is 2. The number of hydrogen-bond acceptors (Lipinski definition) is 5. The molecule has 1 aromatic carbocycles. The van der Waals surface area contributed by atoms with Crippen LogP contribution < -0.4 is 20.7 Å². The summed E-state index contributed by atoms with van der Waals surface area (Å²) in [7, 11) is 0.